The van der Waals surface area contributed by atoms with Crippen molar-refractivity contribution in [2.24, 2.45) is 0 Å². The molecular formula is C15H4Br2Cl3N3O2. The van der Waals surface area contributed by atoms with Gasteiger partial charge in [-0.25, -0.2) is 4.85 Å². The molecule has 10 heteroatoms. The fourth-order valence-corrected chi connectivity index (χ4v) is 4.38. The van der Waals surface area contributed by atoms with Crippen molar-refractivity contribution in [3.05, 3.63) is 74.4 Å². The Kier molecular flexibility index (Phi) is 6.31. The number of nitrogens with zero attached hydrogens (tertiary/aromatic N) is 3. The molecule has 0 saturated carbocycles. The van der Waals surface area contributed by atoms with Crippen molar-refractivity contribution >= 4 is 78.0 Å². The van der Waals surface area contributed by atoms with Gasteiger partial charge in [-0.05, 0) is 11.1 Å². The van der Waals surface area contributed by atoms with Gasteiger partial charge in [0.1, 0.15) is 6.07 Å². The Hall–Kier alpha value is -1.35. The molecular weight excluding hydrogens is 520 g/mol. The van der Waals surface area contributed by atoms with Gasteiger partial charge >= 0.3 is 0 Å². The molecule has 0 aliphatic heterocycles. The lowest BCUT2D eigenvalue weighted by atomic mass is 9.99. The van der Waals surface area contributed by atoms with Crippen LogP contribution < -0.4 is 0 Å². The van der Waals surface area contributed by atoms with Crippen molar-refractivity contribution < 1.29 is 4.92 Å². The smallest absolute Gasteiger partial charge is 0.258 e. The number of benzene rings is 2. The van der Waals surface area contributed by atoms with Gasteiger partial charge in [0.2, 0.25) is 5.69 Å². The number of non-ortho nitro benzene ring substituents is 1. The van der Waals surface area contributed by atoms with Crippen molar-refractivity contribution in [2.45, 2.75) is 6.42 Å². The summed E-state index contributed by atoms with van der Waals surface area (Å²) < 4.78 is 0.896. The summed E-state index contributed by atoms with van der Waals surface area (Å²) in [4.78, 5) is 13.7. The lowest BCUT2D eigenvalue weighted by Crippen LogP contribution is -1.99. The number of hydrogen-bond acceptors (Lipinski definition) is 3. The minimum atomic E-state index is -0.525. The third-order valence-corrected chi connectivity index (χ3v) is 5.97. The van der Waals surface area contributed by atoms with Crippen LogP contribution in [0.3, 0.4) is 0 Å². The van der Waals surface area contributed by atoms with Crippen LogP contribution in [0.15, 0.2) is 21.1 Å². The number of nitro benzene ring substituents is 1. The Bertz CT molecular complexity index is 974. The first-order valence-electron chi connectivity index (χ1n) is 6.32. The summed E-state index contributed by atoms with van der Waals surface area (Å²) in [5.41, 5.74) is 0.834. The SMILES string of the molecule is [C-]#[N+]c1c(Cl)c(Cl)c(C#N)c(Cc2c(Br)cc([N+](=O)[O-])cc2Br)c1Cl. The molecule has 0 aliphatic carbocycles. The molecule has 0 bridgehead atoms. The van der Waals surface area contributed by atoms with E-state index in [-0.39, 0.29) is 38.4 Å². The summed E-state index contributed by atoms with van der Waals surface area (Å²) in [6.07, 6.45) is 0.111. The van der Waals surface area contributed by atoms with Gasteiger partial charge in [-0.2, -0.15) is 5.26 Å². The number of hydrogen-bond donors (Lipinski definition) is 0. The molecule has 5 nitrogen and oxygen atoms in total. The van der Waals surface area contributed by atoms with Gasteiger partial charge in [-0.15, -0.1) is 0 Å². The minimum absolute atomic E-state index is 0.0260. The molecule has 0 aliphatic rings. The van der Waals surface area contributed by atoms with Crippen LogP contribution in [0.5, 0.6) is 0 Å². The molecule has 0 radical (unpaired) electrons. The average molecular weight is 524 g/mol. The number of nitro groups is 1. The largest absolute Gasteiger partial charge is 0.271 e. The molecule has 0 amide bonds. The van der Waals surface area contributed by atoms with E-state index in [1.165, 1.54) is 12.1 Å². The molecule has 0 unspecified atom stereocenters. The average Bonchev–Trinajstić information content (AvgIpc) is 2.55. The normalized spacial score (nSPS) is 10.2. The summed E-state index contributed by atoms with van der Waals surface area (Å²) in [7, 11) is 0. The third-order valence-electron chi connectivity index (χ3n) is 3.31. The molecule has 126 valence electrons. The fraction of sp³-hybridized carbons (Fsp3) is 0.0667. The summed E-state index contributed by atoms with van der Waals surface area (Å²) in [6, 6.07) is 4.62. The zero-order chi connectivity index (χ0) is 18.9. The van der Waals surface area contributed by atoms with Crippen molar-refractivity contribution in [3.63, 3.8) is 0 Å². The standard InChI is InChI=1S/C15H4Br2Cl3N3O2/c1-22-15-13(19)7(9(5-21)12(18)14(15)20)4-8-10(16)2-6(23(24)25)3-11(8)17/h2-3H,4H2. The van der Waals surface area contributed by atoms with Crippen LogP contribution in [0.25, 0.3) is 4.85 Å². The summed E-state index contributed by atoms with van der Waals surface area (Å²) in [6.45, 7) is 7.21. The molecule has 0 spiro atoms. The highest BCUT2D eigenvalue weighted by Gasteiger charge is 2.23. The van der Waals surface area contributed by atoms with Gasteiger partial charge < -0.3 is 0 Å². The molecule has 0 atom stereocenters. The number of rotatable bonds is 3. The summed E-state index contributed by atoms with van der Waals surface area (Å²) >= 11 is 24.9. The van der Waals surface area contributed by atoms with Crippen LogP contribution in [0.2, 0.25) is 15.1 Å². The molecule has 2 rings (SSSR count). The maximum atomic E-state index is 10.9. The first-order valence-corrected chi connectivity index (χ1v) is 9.04. The first kappa shape index (κ1) is 20.0. The predicted molar refractivity (Wildman–Crippen MR) is 104 cm³/mol. The monoisotopic (exact) mass is 521 g/mol. The summed E-state index contributed by atoms with van der Waals surface area (Å²) in [5, 5.41) is 20.2. The highest BCUT2D eigenvalue weighted by molar-refractivity contribution is 9.11. The molecule has 25 heavy (non-hydrogen) atoms. The highest BCUT2D eigenvalue weighted by atomic mass is 79.9. The molecule has 0 heterocycles. The Labute approximate surface area is 174 Å². The van der Waals surface area contributed by atoms with E-state index < -0.39 is 4.92 Å². The molecule has 0 aromatic heterocycles. The second kappa shape index (κ2) is 7.90. The number of nitriles is 1. The lowest BCUT2D eigenvalue weighted by Gasteiger charge is -2.14. The van der Waals surface area contributed by atoms with E-state index in [1.807, 2.05) is 6.07 Å². The molecule has 0 fully saturated rings. The van der Waals surface area contributed by atoms with Gasteiger partial charge in [0.15, 0.2) is 0 Å². The van der Waals surface area contributed by atoms with E-state index >= 15 is 0 Å². The maximum absolute atomic E-state index is 10.9. The van der Waals surface area contributed by atoms with E-state index in [2.05, 4.69) is 36.7 Å². The Morgan fingerprint density at radius 1 is 1.16 bits per heavy atom. The van der Waals surface area contributed by atoms with Crippen molar-refractivity contribution in [1.29, 1.82) is 5.26 Å². The molecule has 0 saturated heterocycles. The van der Waals surface area contributed by atoms with Gasteiger partial charge in [0, 0.05) is 27.5 Å². The second-order valence-corrected chi connectivity index (χ2v) is 7.53. The van der Waals surface area contributed by atoms with Gasteiger partial charge in [-0.1, -0.05) is 66.7 Å². The van der Waals surface area contributed by atoms with E-state index in [4.69, 9.17) is 41.4 Å². The molecule has 2 aromatic carbocycles. The van der Waals surface area contributed by atoms with Crippen LogP contribution in [-0.2, 0) is 6.42 Å². The van der Waals surface area contributed by atoms with Crippen molar-refractivity contribution in [1.82, 2.24) is 0 Å². The third kappa shape index (κ3) is 3.76. The second-order valence-electron chi connectivity index (χ2n) is 4.69. The fourth-order valence-electron chi connectivity index (χ4n) is 2.12. The number of halogens is 5. The van der Waals surface area contributed by atoms with Crippen molar-refractivity contribution in [2.75, 3.05) is 0 Å². The van der Waals surface area contributed by atoms with E-state index in [0.717, 1.165) is 0 Å². The molecule has 0 N–H and O–H groups in total. The van der Waals surface area contributed by atoms with Crippen molar-refractivity contribution in [3.8, 4) is 6.07 Å². The zero-order valence-corrected chi connectivity index (χ0v) is 17.3. The van der Waals surface area contributed by atoms with Crippen LogP contribution in [-0.4, -0.2) is 4.92 Å². The van der Waals surface area contributed by atoms with Gasteiger partial charge in [0.25, 0.3) is 5.69 Å². The maximum Gasteiger partial charge on any atom is 0.271 e. The van der Waals surface area contributed by atoms with Crippen LogP contribution in [0.4, 0.5) is 11.4 Å². The van der Waals surface area contributed by atoms with E-state index in [0.29, 0.717) is 20.1 Å². The van der Waals surface area contributed by atoms with Crippen LogP contribution in [0.1, 0.15) is 16.7 Å². The van der Waals surface area contributed by atoms with Crippen LogP contribution in [0, 0.1) is 28.0 Å². The van der Waals surface area contributed by atoms with Gasteiger partial charge in [-0.3, -0.25) is 10.1 Å². The highest BCUT2D eigenvalue weighted by Crippen LogP contribution is 2.45. The minimum Gasteiger partial charge on any atom is -0.258 e. The quantitative estimate of drug-likeness (QED) is 0.186. The van der Waals surface area contributed by atoms with E-state index in [1.54, 1.807) is 0 Å². The van der Waals surface area contributed by atoms with E-state index in [9.17, 15) is 15.4 Å². The Morgan fingerprint density at radius 2 is 1.72 bits per heavy atom. The van der Waals surface area contributed by atoms with Crippen LogP contribution >= 0.6 is 66.7 Å². The lowest BCUT2D eigenvalue weighted by molar-refractivity contribution is -0.385. The Morgan fingerprint density at radius 3 is 2.16 bits per heavy atom. The van der Waals surface area contributed by atoms with Gasteiger partial charge in [0.05, 0.1) is 32.1 Å². The first-order chi connectivity index (χ1) is 11.7. The predicted octanol–water partition coefficient (Wildman–Crippen LogP) is 7.09. The summed E-state index contributed by atoms with van der Waals surface area (Å²) in [5.74, 6) is 0. The topological polar surface area (TPSA) is 71.3 Å². The molecule has 2 aromatic rings. The Balaban J connectivity index is 2.71. The zero-order valence-electron chi connectivity index (χ0n) is 11.9.